The molecule has 9 nitrogen and oxygen atoms in total. The number of rotatable bonds is 7. The van der Waals surface area contributed by atoms with Crippen LogP contribution in [0.5, 0.6) is 0 Å². The summed E-state index contributed by atoms with van der Waals surface area (Å²) in [5.74, 6) is -2.44. The topological polar surface area (TPSA) is 139 Å². The number of nitro groups is 1. The lowest BCUT2D eigenvalue weighted by Crippen LogP contribution is -2.22. The molecule has 0 aliphatic carbocycles. The van der Waals surface area contributed by atoms with Gasteiger partial charge in [0.1, 0.15) is 5.56 Å². The standard InChI is InChI=1S/C22H16ClN3O6S/c1-12(17-11-33-19(20(17)27)9-4-13-2-6-15(23)7-3-13)24-25-21(28)14-5-8-16(22(29)30)18(10-14)26(31)32/h2-11,19H,1H3,(H,25,28)(H,29,30)/b9-4+,24-12+. The second-order valence-corrected chi connectivity index (χ2v) is 8.25. The van der Waals surface area contributed by atoms with Crippen molar-refractivity contribution in [2.45, 2.75) is 12.2 Å². The normalized spacial score (nSPS) is 16.1. The second kappa shape index (κ2) is 10.2. The number of hydrogen-bond acceptors (Lipinski definition) is 7. The van der Waals surface area contributed by atoms with E-state index >= 15 is 0 Å². The number of halogens is 1. The summed E-state index contributed by atoms with van der Waals surface area (Å²) in [4.78, 5) is 46.3. The van der Waals surface area contributed by atoms with Gasteiger partial charge in [0.25, 0.3) is 11.6 Å². The summed E-state index contributed by atoms with van der Waals surface area (Å²) in [5.41, 5.74) is 2.33. The first-order valence-electron chi connectivity index (χ1n) is 9.37. The molecular formula is C22H16ClN3O6S. The lowest BCUT2D eigenvalue weighted by molar-refractivity contribution is -0.385. The highest BCUT2D eigenvalue weighted by atomic mass is 35.5. The zero-order chi connectivity index (χ0) is 24.1. The molecule has 1 aliphatic heterocycles. The van der Waals surface area contributed by atoms with Crippen LogP contribution in [0.25, 0.3) is 6.08 Å². The van der Waals surface area contributed by atoms with Crippen molar-refractivity contribution in [2.75, 3.05) is 0 Å². The lowest BCUT2D eigenvalue weighted by Gasteiger charge is -2.05. The molecule has 11 heteroatoms. The Hall–Kier alpha value is -3.76. The Balaban J connectivity index is 1.67. The van der Waals surface area contributed by atoms with Gasteiger partial charge in [0.05, 0.1) is 15.9 Å². The summed E-state index contributed by atoms with van der Waals surface area (Å²) in [5, 5.41) is 25.9. The molecule has 0 fully saturated rings. The number of allylic oxidation sites excluding steroid dienone is 1. The van der Waals surface area contributed by atoms with Crippen LogP contribution >= 0.6 is 23.4 Å². The van der Waals surface area contributed by atoms with Gasteiger partial charge >= 0.3 is 5.97 Å². The average Bonchev–Trinajstić information content (AvgIpc) is 3.16. The molecule has 2 N–H and O–H groups in total. The number of carboxylic acid groups (broad SMARTS) is 1. The molecule has 0 spiro atoms. The van der Waals surface area contributed by atoms with Gasteiger partial charge in [-0.1, -0.05) is 35.9 Å². The van der Waals surface area contributed by atoms with Gasteiger partial charge in [-0.15, -0.1) is 11.8 Å². The molecule has 0 radical (unpaired) electrons. The quantitative estimate of drug-likeness (QED) is 0.338. The minimum absolute atomic E-state index is 0.145. The van der Waals surface area contributed by atoms with Crippen LogP contribution in [0.4, 0.5) is 5.69 Å². The fourth-order valence-electron chi connectivity index (χ4n) is 2.85. The summed E-state index contributed by atoms with van der Waals surface area (Å²) < 4.78 is 0. The summed E-state index contributed by atoms with van der Waals surface area (Å²) in [7, 11) is 0. The number of nitro benzene ring substituents is 1. The number of carbonyl (C=O) groups excluding carboxylic acids is 2. The molecule has 0 saturated heterocycles. The highest BCUT2D eigenvalue weighted by Gasteiger charge is 2.28. The molecule has 0 saturated carbocycles. The highest BCUT2D eigenvalue weighted by Crippen LogP contribution is 2.29. The minimum atomic E-state index is -1.48. The molecule has 1 unspecified atom stereocenters. The molecule has 33 heavy (non-hydrogen) atoms. The Bertz CT molecular complexity index is 1240. The predicted molar refractivity (Wildman–Crippen MR) is 126 cm³/mol. The van der Waals surface area contributed by atoms with Crippen molar-refractivity contribution in [3.63, 3.8) is 0 Å². The fraction of sp³-hybridized carbons (Fsp3) is 0.0909. The molecule has 2 aromatic rings. The number of thioether (sulfide) groups is 1. The van der Waals surface area contributed by atoms with Gasteiger partial charge in [-0.3, -0.25) is 19.7 Å². The SMILES string of the molecule is C/C(=N\NC(=O)c1ccc(C(=O)O)c([N+](=O)[O-])c1)C1=CSC(/C=C/c2ccc(Cl)cc2)C1=O. The van der Waals surface area contributed by atoms with Crippen LogP contribution in [0.2, 0.25) is 5.02 Å². The van der Waals surface area contributed by atoms with Crippen molar-refractivity contribution in [3.05, 3.63) is 91.3 Å². The number of nitrogens with zero attached hydrogens (tertiary/aromatic N) is 2. The molecule has 3 rings (SSSR count). The van der Waals surface area contributed by atoms with Crippen molar-refractivity contribution in [1.29, 1.82) is 0 Å². The molecule has 168 valence electrons. The number of carbonyl (C=O) groups is 3. The summed E-state index contributed by atoms with van der Waals surface area (Å²) >= 11 is 7.16. The van der Waals surface area contributed by atoms with Crippen molar-refractivity contribution in [1.82, 2.24) is 5.43 Å². The molecule has 1 atom stereocenters. The molecule has 0 aromatic heterocycles. The van der Waals surface area contributed by atoms with Gasteiger partial charge < -0.3 is 5.11 Å². The Kier molecular flexibility index (Phi) is 7.41. The smallest absolute Gasteiger partial charge is 0.342 e. The Morgan fingerprint density at radius 3 is 2.58 bits per heavy atom. The first-order valence-corrected chi connectivity index (χ1v) is 10.7. The maximum absolute atomic E-state index is 12.7. The monoisotopic (exact) mass is 485 g/mol. The van der Waals surface area contributed by atoms with E-state index in [4.69, 9.17) is 16.7 Å². The molecular weight excluding hydrogens is 470 g/mol. The van der Waals surface area contributed by atoms with E-state index in [1.165, 1.54) is 11.8 Å². The van der Waals surface area contributed by atoms with E-state index in [1.807, 2.05) is 18.2 Å². The first-order chi connectivity index (χ1) is 15.7. The number of amides is 1. The van der Waals surface area contributed by atoms with E-state index in [0.717, 1.165) is 23.8 Å². The average molecular weight is 486 g/mol. The Morgan fingerprint density at radius 2 is 1.94 bits per heavy atom. The van der Waals surface area contributed by atoms with Crippen molar-refractivity contribution < 1.29 is 24.4 Å². The molecule has 0 bridgehead atoms. The third-order valence-electron chi connectivity index (χ3n) is 4.59. The van der Waals surface area contributed by atoms with E-state index < -0.39 is 33.3 Å². The Labute approximate surface area is 197 Å². The van der Waals surface area contributed by atoms with Crippen LogP contribution in [-0.2, 0) is 4.79 Å². The number of carboxylic acids is 1. The largest absolute Gasteiger partial charge is 0.477 e. The van der Waals surface area contributed by atoms with Crippen LogP contribution in [0.3, 0.4) is 0 Å². The number of benzene rings is 2. The van der Waals surface area contributed by atoms with Crippen molar-refractivity contribution in [3.8, 4) is 0 Å². The Morgan fingerprint density at radius 1 is 1.24 bits per heavy atom. The summed E-state index contributed by atoms with van der Waals surface area (Å²) in [6, 6.07) is 10.1. The highest BCUT2D eigenvalue weighted by molar-refractivity contribution is 8.04. The van der Waals surface area contributed by atoms with Gasteiger partial charge in [-0.05, 0) is 42.2 Å². The lowest BCUT2D eigenvalue weighted by atomic mass is 10.1. The van der Waals surface area contributed by atoms with Crippen molar-refractivity contribution in [2.24, 2.45) is 5.10 Å². The molecule has 2 aromatic carbocycles. The van der Waals surface area contributed by atoms with Gasteiger partial charge in [0.2, 0.25) is 0 Å². The zero-order valence-electron chi connectivity index (χ0n) is 17.0. The second-order valence-electron chi connectivity index (χ2n) is 6.80. The minimum Gasteiger partial charge on any atom is -0.477 e. The van der Waals surface area contributed by atoms with Crippen LogP contribution < -0.4 is 5.43 Å². The van der Waals surface area contributed by atoms with Crippen LogP contribution in [0.1, 0.15) is 33.2 Å². The zero-order valence-corrected chi connectivity index (χ0v) is 18.6. The number of hydrazone groups is 1. The van der Waals surface area contributed by atoms with E-state index in [9.17, 15) is 24.5 Å². The van der Waals surface area contributed by atoms with Gasteiger partial charge in [0.15, 0.2) is 5.78 Å². The van der Waals surface area contributed by atoms with Gasteiger partial charge in [-0.25, -0.2) is 10.2 Å². The third-order valence-corrected chi connectivity index (χ3v) is 5.88. The number of Topliss-reactive ketones (excluding diaryl/α,β-unsaturated/α-hetero) is 1. The van der Waals surface area contributed by atoms with E-state index in [2.05, 4.69) is 10.5 Å². The number of nitrogens with one attached hydrogen (secondary N) is 1. The van der Waals surface area contributed by atoms with Crippen molar-refractivity contribution >= 4 is 58.5 Å². The number of hydrogen-bond donors (Lipinski definition) is 2. The van der Waals surface area contributed by atoms with Crippen LogP contribution in [-0.4, -0.2) is 38.7 Å². The summed E-state index contributed by atoms with van der Waals surface area (Å²) in [6.07, 6.45) is 3.57. The van der Waals surface area contributed by atoms with Gasteiger partial charge in [-0.2, -0.15) is 5.10 Å². The first kappa shape index (κ1) is 23.9. The van der Waals surface area contributed by atoms with Crippen LogP contribution in [0.15, 0.2) is 64.6 Å². The van der Waals surface area contributed by atoms with E-state index in [-0.39, 0.29) is 17.1 Å². The van der Waals surface area contributed by atoms with E-state index in [0.29, 0.717) is 10.6 Å². The fourth-order valence-corrected chi connectivity index (χ4v) is 3.96. The predicted octanol–water partition coefficient (Wildman–Crippen LogP) is 4.33. The van der Waals surface area contributed by atoms with Crippen LogP contribution in [0, 0.1) is 10.1 Å². The third kappa shape index (κ3) is 5.73. The van der Waals surface area contributed by atoms with E-state index in [1.54, 1.807) is 30.5 Å². The number of ketones is 1. The summed E-state index contributed by atoms with van der Waals surface area (Å²) in [6.45, 7) is 1.55. The maximum Gasteiger partial charge on any atom is 0.342 e. The molecule has 1 amide bonds. The van der Waals surface area contributed by atoms with Gasteiger partial charge in [0, 0.05) is 22.2 Å². The number of aromatic carboxylic acids is 1. The molecule has 1 heterocycles. The maximum atomic E-state index is 12.7. The molecule has 1 aliphatic rings.